The maximum Gasteiger partial charge on any atom is 0.407 e. The molecule has 3 aromatic rings. The number of benzene rings is 2. The summed E-state index contributed by atoms with van der Waals surface area (Å²) in [7, 11) is -4.08. The lowest BCUT2D eigenvalue weighted by molar-refractivity contribution is -0.0907. The second-order valence-electron chi connectivity index (χ2n) is 13.0. The van der Waals surface area contributed by atoms with Crippen molar-refractivity contribution in [3.05, 3.63) is 65.0 Å². The van der Waals surface area contributed by atoms with Gasteiger partial charge in [0.2, 0.25) is 16.8 Å². The molecule has 0 radical (unpaired) electrons. The van der Waals surface area contributed by atoms with Crippen LogP contribution in [0.1, 0.15) is 42.8 Å². The van der Waals surface area contributed by atoms with E-state index in [2.05, 4.69) is 10.5 Å². The van der Waals surface area contributed by atoms with Crippen LogP contribution in [0.2, 0.25) is 0 Å². The van der Waals surface area contributed by atoms with Crippen molar-refractivity contribution in [2.75, 3.05) is 33.1 Å². The van der Waals surface area contributed by atoms with Crippen LogP contribution in [0.4, 0.5) is 4.79 Å². The molecule has 14 nitrogen and oxygen atoms in total. The van der Waals surface area contributed by atoms with Crippen LogP contribution in [0.25, 0.3) is 0 Å². The van der Waals surface area contributed by atoms with Crippen molar-refractivity contribution in [1.29, 1.82) is 0 Å². The van der Waals surface area contributed by atoms with Gasteiger partial charge in [0.15, 0.2) is 17.8 Å². The molecule has 0 spiro atoms. The normalized spacial score (nSPS) is 21.2. The molecule has 2 saturated heterocycles. The number of amides is 1. The third kappa shape index (κ3) is 8.13. The molecule has 3 aliphatic rings. The number of nitrogens with one attached hydrogen (secondary N) is 1. The highest BCUT2D eigenvalue weighted by molar-refractivity contribution is 7.89. The van der Waals surface area contributed by atoms with Gasteiger partial charge in [-0.05, 0) is 62.4 Å². The number of fused-ring (bicyclic) bond motifs is 2. The molecule has 49 heavy (non-hydrogen) atoms. The Bertz CT molecular complexity index is 1690. The molecule has 0 aliphatic carbocycles. The summed E-state index contributed by atoms with van der Waals surface area (Å²) in [6.07, 6.45) is -2.06. The van der Waals surface area contributed by atoms with Gasteiger partial charge in [-0.1, -0.05) is 31.1 Å². The summed E-state index contributed by atoms with van der Waals surface area (Å²) in [6, 6.07) is 10.8. The number of sulfonamides is 1. The Labute approximate surface area is 285 Å². The zero-order chi connectivity index (χ0) is 34.7. The van der Waals surface area contributed by atoms with E-state index in [0.29, 0.717) is 36.0 Å². The van der Waals surface area contributed by atoms with E-state index in [-0.39, 0.29) is 56.2 Å². The maximum atomic E-state index is 13.9. The third-order valence-corrected chi connectivity index (χ3v) is 10.7. The highest BCUT2D eigenvalue weighted by atomic mass is 32.2. The van der Waals surface area contributed by atoms with Crippen molar-refractivity contribution in [3.63, 3.8) is 0 Å². The van der Waals surface area contributed by atoms with Crippen molar-refractivity contribution in [2.24, 2.45) is 11.8 Å². The number of aliphatic hydroxyl groups is 1. The maximum absolute atomic E-state index is 13.9. The van der Waals surface area contributed by atoms with Crippen LogP contribution in [0.15, 0.2) is 51.9 Å². The summed E-state index contributed by atoms with van der Waals surface area (Å²) in [5.74, 6) is 1.96. The molecule has 1 aromatic heterocycles. The number of aromatic nitrogens is 1. The zero-order valence-electron chi connectivity index (χ0n) is 28.0. The molecule has 2 aromatic carbocycles. The Kier molecular flexibility index (Phi) is 10.6. The molecule has 5 atom stereocenters. The Hall–Kier alpha value is -3.89. The minimum atomic E-state index is -4.08. The number of nitrogens with zero attached hydrogens (tertiary/aromatic N) is 2. The topological polar surface area (TPSA) is 168 Å². The third-order valence-electron chi connectivity index (χ3n) is 8.90. The summed E-state index contributed by atoms with van der Waals surface area (Å²) >= 11 is 0. The van der Waals surface area contributed by atoms with Gasteiger partial charge in [0.05, 0.1) is 47.4 Å². The largest absolute Gasteiger partial charge is 0.489 e. The minimum absolute atomic E-state index is 0.00638. The summed E-state index contributed by atoms with van der Waals surface area (Å²) in [5, 5.41) is 18.4. The molecule has 1 amide bonds. The SMILES string of the molecule is Cc1noc(C)c1COc1ccc(C[C@H](NC(=O)OC2CO[C@H]3OCC[C@@H]23)[C@H](O)CN(CC(C)C)S(=O)(=O)c2ccc3c(c2)OCO3)cc1. The van der Waals surface area contributed by atoms with E-state index in [1.165, 1.54) is 16.4 Å². The number of alkyl carbamates (subject to hydrolysis) is 1. The van der Waals surface area contributed by atoms with Crippen LogP contribution >= 0.6 is 0 Å². The molecule has 2 fully saturated rings. The number of aryl methyl sites for hydroxylation is 2. The predicted molar refractivity (Wildman–Crippen MR) is 174 cm³/mol. The Morgan fingerprint density at radius 3 is 2.59 bits per heavy atom. The number of ether oxygens (including phenoxy) is 6. The van der Waals surface area contributed by atoms with Gasteiger partial charge in [0, 0.05) is 19.2 Å². The number of carbonyl (C=O) groups is 1. The first kappa shape index (κ1) is 35.0. The van der Waals surface area contributed by atoms with E-state index in [0.717, 1.165) is 16.8 Å². The van der Waals surface area contributed by atoms with Gasteiger partial charge < -0.3 is 43.4 Å². The first-order valence-electron chi connectivity index (χ1n) is 16.4. The van der Waals surface area contributed by atoms with E-state index in [1.54, 1.807) is 18.2 Å². The van der Waals surface area contributed by atoms with Gasteiger partial charge in [-0.2, -0.15) is 4.31 Å². The summed E-state index contributed by atoms with van der Waals surface area (Å²) in [5.41, 5.74) is 2.41. The van der Waals surface area contributed by atoms with E-state index in [4.69, 9.17) is 32.9 Å². The van der Waals surface area contributed by atoms with Crippen LogP contribution in [-0.2, 0) is 37.3 Å². The Morgan fingerprint density at radius 2 is 1.86 bits per heavy atom. The minimum Gasteiger partial charge on any atom is -0.489 e. The molecule has 0 bridgehead atoms. The first-order chi connectivity index (χ1) is 23.5. The molecule has 2 N–H and O–H groups in total. The molecule has 15 heteroatoms. The van der Waals surface area contributed by atoms with Crippen molar-refractivity contribution in [1.82, 2.24) is 14.8 Å². The second-order valence-corrected chi connectivity index (χ2v) is 14.9. The van der Waals surface area contributed by atoms with Crippen molar-refractivity contribution in [3.8, 4) is 17.2 Å². The number of rotatable bonds is 14. The van der Waals surface area contributed by atoms with E-state index in [9.17, 15) is 18.3 Å². The number of hydrogen-bond acceptors (Lipinski definition) is 12. The van der Waals surface area contributed by atoms with E-state index < -0.39 is 40.7 Å². The Balaban J connectivity index is 1.18. The standard InChI is InChI=1S/C34H43N3O11S/c1-20(2)15-37(49(40,41)25-9-10-30-31(14-25)46-19-45-30)16-29(38)28(35-34(39)47-32-18-44-33-26(32)11-12-42-33)13-23-5-7-24(8-6-23)43-17-27-21(3)36-48-22(27)4/h5-10,14,20,26,28-29,32-33,38H,11-13,15-19H2,1-4H3,(H,35,39)/t26-,28-,29+,32?,33+/m0/s1. The smallest absolute Gasteiger partial charge is 0.407 e. The fourth-order valence-electron chi connectivity index (χ4n) is 6.19. The lowest BCUT2D eigenvalue weighted by atomic mass is 10.0. The number of aliphatic hydroxyl groups excluding tert-OH is 1. The average molecular weight is 702 g/mol. The van der Waals surface area contributed by atoms with Gasteiger partial charge in [-0.3, -0.25) is 0 Å². The molecule has 266 valence electrons. The van der Waals surface area contributed by atoms with Gasteiger partial charge in [0.1, 0.15) is 24.2 Å². The number of hydrogen-bond donors (Lipinski definition) is 2. The van der Waals surface area contributed by atoms with Gasteiger partial charge in [-0.25, -0.2) is 13.2 Å². The lowest BCUT2D eigenvalue weighted by Crippen LogP contribution is -2.51. The molecule has 3 aliphatic heterocycles. The average Bonchev–Trinajstić information content (AvgIpc) is 3.87. The van der Waals surface area contributed by atoms with E-state index in [1.807, 2.05) is 39.8 Å². The molecule has 0 saturated carbocycles. The van der Waals surface area contributed by atoms with Crippen LogP contribution in [0.3, 0.4) is 0 Å². The van der Waals surface area contributed by atoms with E-state index >= 15 is 0 Å². The monoisotopic (exact) mass is 701 g/mol. The van der Waals surface area contributed by atoms with Crippen molar-refractivity contribution < 1.29 is 51.3 Å². The second kappa shape index (κ2) is 14.9. The van der Waals surface area contributed by atoms with Crippen LogP contribution in [0, 0.1) is 25.7 Å². The van der Waals surface area contributed by atoms with Gasteiger partial charge in [0.25, 0.3) is 0 Å². The first-order valence-corrected chi connectivity index (χ1v) is 17.8. The molecular formula is C34H43N3O11S. The fraction of sp³-hybridized carbons (Fsp3) is 0.529. The molecule has 1 unspecified atom stereocenters. The molecular weight excluding hydrogens is 658 g/mol. The highest BCUT2D eigenvalue weighted by Gasteiger charge is 2.44. The van der Waals surface area contributed by atoms with Crippen molar-refractivity contribution in [2.45, 2.75) is 76.6 Å². The highest BCUT2D eigenvalue weighted by Crippen LogP contribution is 2.35. The molecule has 6 rings (SSSR count). The summed E-state index contributed by atoms with van der Waals surface area (Å²) in [6.45, 7) is 8.33. The predicted octanol–water partition coefficient (Wildman–Crippen LogP) is 3.71. The quantitative estimate of drug-likeness (QED) is 0.251. The summed E-state index contributed by atoms with van der Waals surface area (Å²) in [4.78, 5) is 13.3. The molecule has 4 heterocycles. The van der Waals surface area contributed by atoms with Gasteiger partial charge >= 0.3 is 6.09 Å². The van der Waals surface area contributed by atoms with Gasteiger partial charge in [-0.15, -0.1) is 0 Å². The van der Waals surface area contributed by atoms with Crippen LogP contribution < -0.4 is 19.5 Å². The van der Waals surface area contributed by atoms with Crippen LogP contribution in [-0.4, -0.2) is 86.7 Å². The zero-order valence-corrected chi connectivity index (χ0v) is 28.8. The summed E-state index contributed by atoms with van der Waals surface area (Å²) < 4.78 is 67.9. The Morgan fingerprint density at radius 1 is 1.08 bits per heavy atom. The lowest BCUT2D eigenvalue weighted by Gasteiger charge is -2.31. The fourth-order valence-corrected chi connectivity index (χ4v) is 7.83. The van der Waals surface area contributed by atoms with Crippen molar-refractivity contribution >= 4 is 16.1 Å². The number of carbonyl (C=O) groups excluding carboxylic acids is 1. The van der Waals surface area contributed by atoms with Crippen LogP contribution in [0.5, 0.6) is 17.2 Å².